The summed E-state index contributed by atoms with van der Waals surface area (Å²) in [4.78, 5) is 12.8. The number of hydrogen-bond acceptors (Lipinski definition) is 2. The van der Waals surface area contributed by atoms with Gasteiger partial charge in [0.2, 0.25) is 0 Å². The predicted molar refractivity (Wildman–Crippen MR) is 114 cm³/mol. The molecule has 0 radical (unpaired) electrons. The van der Waals surface area contributed by atoms with Crippen LogP contribution in [0.2, 0.25) is 5.02 Å². The van der Waals surface area contributed by atoms with Crippen molar-refractivity contribution in [2.75, 3.05) is 0 Å². The molecule has 3 aromatic carbocycles. The molecule has 0 aliphatic carbocycles. The second-order valence-corrected chi connectivity index (χ2v) is 6.86. The summed E-state index contributed by atoms with van der Waals surface area (Å²) in [6.07, 6.45) is 0. The molecule has 0 saturated carbocycles. The molecule has 0 bridgehead atoms. The monoisotopic (exact) mass is 387 g/mol. The van der Waals surface area contributed by atoms with Crippen LogP contribution in [-0.4, -0.2) is 16.2 Å². The van der Waals surface area contributed by atoms with Crippen molar-refractivity contribution < 1.29 is 4.79 Å². The summed E-state index contributed by atoms with van der Waals surface area (Å²) < 4.78 is 1.83. The standard InChI is InChI=1S/C23H18ClN3O/c1-27-20-13-12-19(24)14-18(20)15-21(27)23(28)26-25-22(16-8-4-2-5-9-16)17-10-6-3-7-11-17/h2-15H,1H3,(H,26,28). The summed E-state index contributed by atoms with van der Waals surface area (Å²) >= 11 is 6.07. The number of amides is 1. The van der Waals surface area contributed by atoms with E-state index in [2.05, 4.69) is 10.5 Å². The lowest BCUT2D eigenvalue weighted by molar-refractivity contribution is 0.0947. The van der Waals surface area contributed by atoms with Gasteiger partial charge >= 0.3 is 0 Å². The minimum Gasteiger partial charge on any atom is -0.340 e. The van der Waals surface area contributed by atoms with Crippen molar-refractivity contribution in [3.8, 4) is 0 Å². The second-order valence-electron chi connectivity index (χ2n) is 6.43. The number of aryl methyl sites for hydroxylation is 1. The van der Waals surface area contributed by atoms with Gasteiger partial charge in [-0.05, 0) is 24.3 Å². The molecule has 0 aliphatic rings. The highest BCUT2D eigenvalue weighted by molar-refractivity contribution is 6.31. The van der Waals surface area contributed by atoms with Gasteiger partial charge in [0.1, 0.15) is 5.69 Å². The van der Waals surface area contributed by atoms with Crippen LogP contribution < -0.4 is 5.43 Å². The summed E-state index contributed by atoms with van der Waals surface area (Å²) in [5.41, 5.74) is 6.72. The smallest absolute Gasteiger partial charge is 0.288 e. The van der Waals surface area contributed by atoms with Gasteiger partial charge in [-0.1, -0.05) is 72.3 Å². The van der Waals surface area contributed by atoms with Crippen LogP contribution in [-0.2, 0) is 7.05 Å². The average Bonchev–Trinajstić information content (AvgIpc) is 3.05. The Hall–Kier alpha value is -3.37. The van der Waals surface area contributed by atoms with Crippen LogP contribution in [0.3, 0.4) is 0 Å². The average molecular weight is 388 g/mol. The Labute approximate surface area is 168 Å². The third-order valence-electron chi connectivity index (χ3n) is 4.60. The SMILES string of the molecule is Cn1c(C(=O)NN=C(c2ccccc2)c2ccccc2)cc2cc(Cl)ccc21. The first-order chi connectivity index (χ1) is 13.6. The minimum absolute atomic E-state index is 0.279. The Morgan fingerprint density at radius 1 is 0.893 bits per heavy atom. The molecule has 4 nitrogen and oxygen atoms in total. The van der Waals surface area contributed by atoms with E-state index < -0.39 is 0 Å². The number of halogens is 1. The third-order valence-corrected chi connectivity index (χ3v) is 4.84. The Morgan fingerprint density at radius 2 is 1.50 bits per heavy atom. The molecular formula is C23H18ClN3O. The van der Waals surface area contributed by atoms with Crippen LogP contribution in [0.15, 0.2) is 90.0 Å². The van der Waals surface area contributed by atoms with E-state index in [1.54, 1.807) is 0 Å². The molecule has 28 heavy (non-hydrogen) atoms. The molecule has 1 heterocycles. The van der Waals surface area contributed by atoms with Crippen LogP contribution in [0, 0.1) is 0 Å². The molecule has 1 N–H and O–H groups in total. The number of hydrazone groups is 1. The van der Waals surface area contributed by atoms with Gasteiger partial charge in [0, 0.05) is 34.1 Å². The molecule has 138 valence electrons. The first-order valence-electron chi connectivity index (χ1n) is 8.87. The summed E-state index contributed by atoms with van der Waals surface area (Å²) in [7, 11) is 1.85. The van der Waals surface area contributed by atoms with Crippen LogP contribution in [0.4, 0.5) is 0 Å². The molecule has 1 aromatic heterocycles. The summed E-state index contributed by atoms with van der Waals surface area (Å²) in [6.45, 7) is 0. The number of benzene rings is 3. The van der Waals surface area contributed by atoms with Gasteiger partial charge in [0.25, 0.3) is 5.91 Å². The predicted octanol–water partition coefficient (Wildman–Crippen LogP) is 5.01. The lowest BCUT2D eigenvalue weighted by atomic mass is 10.0. The first-order valence-corrected chi connectivity index (χ1v) is 9.25. The maximum atomic E-state index is 12.8. The molecule has 1 amide bonds. The van der Waals surface area contributed by atoms with Crippen molar-refractivity contribution in [3.63, 3.8) is 0 Å². The molecular weight excluding hydrogens is 370 g/mol. The van der Waals surface area contributed by atoms with E-state index in [0.717, 1.165) is 22.0 Å². The normalized spacial score (nSPS) is 10.6. The van der Waals surface area contributed by atoms with Crippen molar-refractivity contribution in [3.05, 3.63) is 107 Å². The van der Waals surface area contributed by atoms with Crippen molar-refractivity contribution in [2.24, 2.45) is 12.1 Å². The number of carbonyl (C=O) groups is 1. The van der Waals surface area contributed by atoms with Crippen LogP contribution >= 0.6 is 11.6 Å². The lowest BCUT2D eigenvalue weighted by Gasteiger charge is -2.08. The largest absolute Gasteiger partial charge is 0.340 e. The molecule has 5 heteroatoms. The molecule has 0 unspecified atom stereocenters. The Kier molecular flexibility index (Phi) is 4.96. The fourth-order valence-electron chi connectivity index (χ4n) is 3.19. The summed E-state index contributed by atoms with van der Waals surface area (Å²) in [5.74, 6) is -0.279. The van der Waals surface area contributed by atoms with Crippen molar-refractivity contribution >= 4 is 34.1 Å². The second kappa shape index (κ2) is 7.71. The van der Waals surface area contributed by atoms with Gasteiger partial charge < -0.3 is 4.57 Å². The highest BCUT2D eigenvalue weighted by atomic mass is 35.5. The Bertz CT molecular complexity index is 1120. The molecule has 4 aromatic rings. The number of carbonyl (C=O) groups excluding carboxylic acids is 1. The highest BCUT2D eigenvalue weighted by Gasteiger charge is 2.14. The molecule has 0 atom stereocenters. The van der Waals surface area contributed by atoms with Gasteiger partial charge in [0.05, 0.1) is 5.71 Å². The maximum Gasteiger partial charge on any atom is 0.288 e. The Morgan fingerprint density at radius 3 is 2.11 bits per heavy atom. The first kappa shape index (κ1) is 18.0. The number of nitrogens with one attached hydrogen (secondary N) is 1. The topological polar surface area (TPSA) is 46.4 Å². The Balaban J connectivity index is 1.69. The van der Waals surface area contributed by atoms with Gasteiger partial charge in [-0.15, -0.1) is 0 Å². The molecule has 4 rings (SSSR count). The number of nitrogens with zero attached hydrogens (tertiary/aromatic N) is 2. The molecule has 0 aliphatic heterocycles. The van der Waals surface area contributed by atoms with E-state index in [-0.39, 0.29) is 5.91 Å². The van der Waals surface area contributed by atoms with Crippen LogP contribution in [0.1, 0.15) is 21.6 Å². The number of aromatic nitrogens is 1. The zero-order valence-electron chi connectivity index (χ0n) is 15.3. The number of hydrogen-bond donors (Lipinski definition) is 1. The molecule has 0 spiro atoms. The van der Waals surface area contributed by atoms with Gasteiger partial charge in [0.15, 0.2) is 0 Å². The molecule has 0 saturated heterocycles. The quantitative estimate of drug-likeness (QED) is 0.388. The summed E-state index contributed by atoms with van der Waals surface area (Å²) in [5, 5.41) is 6.00. The minimum atomic E-state index is -0.279. The van der Waals surface area contributed by atoms with Crippen LogP contribution in [0.25, 0.3) is 10.9 Å². The van der Waals surface area contributed by atoms with E-state index in [4.69, 9.17) is 11.6 Å². The van der Waals surface area contributed by atoms with Gasteiger partial charge in [-0.25, -0.2) is 5.43 Å². The van der Waals surface area contributed by atoms with E-state index >= 15 is 0 Å². The number of rotatable bonds is 4. The number of fused-ring (bicyclic) bond motifs is 1. The maximum absolute atomic E-state index is 12.8. The van der Waals surface area contributed by atoms with Crippen molar-refractivity contribution in [2.45, 2.75) is 0 Å². The van der Waals surface area contributed by atoms with E-state index in [1.807, 2.05) is 96.5 Å². The van der Waals surface area contributed by atoms with Crippen molar-refractivity contribution in [1.29, 1.82) is 0 Å². The van der Waals surface area contributed by atoms with Gasteiger partial charge in [-0.2, -0.15) is 5.10 Å². The van der Waals surface area contributed by atoms with Gasteiger partial charge in [-0.3, -0.25) is 4.79 Å². The summed E-state index contributed by atoms with van der Waals surface area (Å²) in [6, 6.07) is 26.9. The van der Waals surface area contributed by atoms with Crippen molar-refractivity contribution in [1.82, 2.24) is 9.99 Å². The third kappa shape index (κ3) is 3.55. The fourth-order valence-corrected chi connectivity index (χ4v) is 3.37. The van der Waals surface area contributed by atoms with E-state index in [9.17, 15) is 4.79 Å². The van der Waals surface area contributed by atoms with Crippen LogP contribution in [0.5, 0.6) is 0 Å². The molecule has 0 fully saturated rings. The zero-order valence-corrected chi connectivity index (χ0v) is 16.0. The fraction of sp³-hybridized carbons (Fsp3) is 0.0435. The lowest BCUT2D eigenvalue weighted by Crippen LogP contribution is -2.22. The van der Waals surface area contributed by atoms with E-state index in [0.29, 0.717) is 16.4 Å². The highest BCUT2D eigenvalue weighted by Crippen LogP contribution is 2.22. The zero-order chi connectivity index (χ0) is 19.5. The van der Waals surface area contributed by atoms with E-state index in [1.165, 1.54) is 0 Å².